The Bertz CT molecular complexity index is 619. The van der Waals surface area contributed by atoms with Gasteiger partial charge in [-0.15, -0.1) is 0 Å². The van der Waals surface area contributed by atoms with Crippen molar-refractivity contribution in [3.05, 3.63) is 35.4 Å². The van der Waals surface area contributed by atoms with Crippen LogP contribution in [0.4, 0.5) is 0 Å². The first kappa shape index (κ1) is 18.0. The highest BCUT2D eigenvalue weighted by molar-refractivity contribution is 5.77. The maximum absolute atomic E-state index is 12.2. The van der Waals surface area contributed by atoms with E-state index in [2.05, 4.69) is 36.1 Å². The van der Waals surface area contributed by atoms with Crippen molar-refractivity contribution in [1.82, 2.24) is 9.80 Å². The number of benzene rings is 1. The first-order valence-corrected chi connectivity index (χ1v) is 9.93. The molecule has 0 aromatic heterocycles. The second-order valence-corrected chi connectivity index (χ2v) is 8.18. The van der Waals surface area contributed by atoms with Gasteiger partial charge in [-0.25, -0.2) is 0 Å². The summed E-state index contributed by atoms with van der Waals surface area (Å²) in [4.78, 5) is 16.5. The normalized spacial score (nSPS) is 25.4. The number of carbonyl (C=O) groups is 1. The van der Waals surface area contributed by atoms with Gasteiger partial charge in [0.1, 0.15) is 6.61 Å². The summed E-state index contributed by atoms with van der Waals surface area (Å²) in [6.07, 6.45) is 4.21. The Kier molecular flexibility index (Phi) is 5.30. The van der Waals surface area contributed by atoms with Crippen molar-refractivity contribution < 1.29 is 14.3 Å². The Balaban J connectivity index is 1.22. The summed E-state index contributed by atoms with van der Waals surface area (Å²) in [6.45, 7) is 7.77. The molecular formula is C21H30N2O3. The smallest absolute Gasteiger partial charge is 0.248 e. The molecule has 3 heterocycles. The number of rotatable bonds is 5. The van der Waals surface area contributed by atoms with E-state index in [4.69, 9.17) is 9.47 Å². The standard InChI is InChI=1S/C21H30N2O3/c1-17-4-6-18(7-5-17)13-22-15-21(16-22)12-19(8-11-26-21)25-14-20(24)23-9-2-3-10-23/h4-7,19H,2-3,8-16H2,1H3/t19-/m1/s1. The largest absolute Gasteiger partial charge is 0.372 e. The molecule has 0 N–H and O–H groups in total. The van der Waals surface area contributed by atoms with E-state index in [0.29, 0.717) is 0 Å². The van der Waals surface area contributed by atoms with E-state index >= 15 is 0 Å². The molecule has 1 aromatic rings. The summed E-state index contributed by atoms with van der Waals surface area (Å²) in [5.41, 5.74) is 2.59. The molecule has 26 heavy (non-hydrogen) atoms. The summed E-state index contributed by atoms with van der Waals surface area (Å²) in [7, 11) is 0. The van der Waals surface area contributed by atoms with Gasteiger partial charge in [-0.1, -0.05) is 29.8 Å². The fourth-order valence-corrected chi connectivity index (χ4v) is 4.42. The molecular weight excluding hydrogens is 328 g/mol. The van der Waals surface area contributed by atoms with Crippen LogP contribution in [-0.4, -0.2) is 66.8 Å². The van der Waals surface area contributed by atoms with Crippen LogP contribution in [0.5, 0.6) is 0 Å². The molecule has 0 aliphatic carbocycles. The number of amides is 1. The summed E-state index contributed by atoms with van der Waals surface area (Å²) >= 11 is 0. The molecule has 3 aliphatic heterocycles. The highest BCUT2D eigenvalue weighted by Gasteiger charge is 2.47. The number of aryl methyl sites for hydroxylation is 1. The van der Waals surface area contributed by atoms with Crippen LogP contribution in [0.15, 0.2) is 24.3 Å². The fourth-order valence-electron chi connectivity index (χ4n) is 4.42. The van der Waals surface area contributed by atoms with Gasteiger partial charge in [-0.3, -0.25) is 9.69 Å². The molecule has 4 rings (SSSR count). The SMILES string of the molecule is Cc1ccc(CN2CC3(C[C@H](OCC(=O)N4CCCC4)CCO3)C2)cc1. The Morgan fingerprint density at radius 1 is 1.23 bits per heavy atom. The molecule has 0 bridgehead atoms. The van der Waals surface area contributed by atoms with Crippen LogP contribution in [-0.2, 0) is 20.8 Å². The van der Waals surface area contributed by atoms with Gasteiger partial charge in [0.05, 0.1) is 11.7 Å². The van der Waals surface area contributed by atoms with Crippen molar-refractivity contribution in [2.75, 3.05) is 39.4 Å². The van der Waals surface area contributed by atoms with E-state index in [1.807, 2.05) is 4.90 Å². The lowest BCUT2D eigenvalue weighted by Crippen LogP contribution is -2.65. The van der Waals surface area contributed by atoms with Gasteiger partial charge in [-0.05, 0) is 31.7 Å². The van der Waals surface area contributed by atoms with Crippen LogP contribution in [0.3, 0.4) is 0 Å². The zero-order valence-electron chi connectivity index (χ0n) is 15.8. The minimum Gasteiger partial charge on any atom is -0.372 e. The van der Waals surface area contributed by atoms with Crippen LogP contribution in [0, 0.1) is 6.92 Å². The molecule has 1 aromatic carbocycles. The molecule has 0 radical (unpaired) electrons. The first-order valence-electron chi connectivity index (χ1n) is 9.93. The average molecular weight is 358 g/mol. The van der Waals surface area contributed by atoms with Crippen molar-refractivity contribution in [3.63, 3.8) is 0 Å². The van der Waals surface area contributed by atoms with Crippen LogP contribution in [0.2, 0.25) is 0 Å². The van der Waals surface area contributed by atoms with Crippen LogP contribution in [0.25, 0.3) is 0 Å². The van der Waals surface area contributed by atoms with Gasteiger partial charge in [0.15, 0.2) is 0 Å². The van der Waals surface area contributed by atoms with Crippen LogP contribution >= 0.6 is 0 Å². The van der Waals surface area contributed by atoms with Crippen molar-refractivity contribution >= 4 is 5.91 Å². The minimum absolute atomic E-state index is 0.0652. The lowest BCUT2D eigenvalue weighted by atomic mass is 9.84. The number of carbonyl (C=O) groups excluding carboxylic acids is 1. The molecule has 1 amide bonds. The summed E-state index contributed by atoms with van der Waals surface area (Å²) < 4.78 is 12.1. The van der Waals surface area contributed by atoms with E-state index in [1.54, 1.807) is 0 Å². The maximum Gasteiger partial charge on any atom is 0.248 e. The van der Waals surface area contributed by atoms with Crippen molar-refractivity contribution in [1.29, 1.82) is 0 Å². The molecule has 0 unspecified atom stereocenters. The number of hydrogen-bond donors (Lipinski definition) is 0. The number of ether oxygens (including phenoxy) is 2. The van der Waals surface area contributed by atoms with Gasteiger partial charge < -0.3 is 14.4 Å². The molecule has 5 nitrogen and oxygen atoms in total. The van der Waals surface area contributed by atoms with Crippen LogP contribution in [0.1, 0.15) is 36.8 Å². The number of nitrogens with zero attached hydrogens (tertiary/aromatic N) is 2. The highest BCUT2D eigenvalue weighted by atomic mass is 16.5. The monoisotopic (exact) mass is 358 g/mol. The average Bonchev–Trinajstić information content (AvgIpc) is 3.15. The highest BCUT2D eigenvalue weighted by Crippen LogP contribution is 2.36. The van der Waals surface area contributed by atoms with E-state index < -0.39 is 0 Å². The second-order valence-electron chi connectivity index (χ2n) is 8.18. The predicted octanol–water partition coefficient (Wildman–Crippen LogP) is 2.37. The first-order chi connectivity index (χ1) is 12.6. The quantitative estimate of drug-likeness (QED) is 0.810. The van der Waals surface area contributed by atoms with Gasteiger partial charge in [0.2, 0.25) is 5.91 Å². The molecule has 5 heteroatoms. The van der Waals surface area contributed by atoms with Gasteiger partial charge >= 0.3 is 0 Å². The van der Waals surface area contributed by atoms with Crippen molar-refractivity contribution in [2.24, 2.45) is 0 Å². The zero-order valence-corrected chi connectivity index (χ0v) is 15.8. The van der Waals surface area contributed by atoms with Crippen molar-refractivity contribution in [3.8, 4) is 0 Å². The molecule has 3 aliphatic rings. The lowest BCUT2D eigenvalue weighted by Gasteiger charge is -2.53. The van der Waals surface area contributed by atoms with E-state index in [1.165, 1.54) is 11.1 Å². The third-order valence-electron chi connectivity index (χ3n) is 5.90. The second kappa shape index (κ2) is 7.67. The fraction of sp³-hybridized carbons (Fsp3) is 0.667. The molecule has 1 atom stereocenters. The summed E-state index contributed by atoms with van der Waals surface area (Å²) in [6, 6.07) is 8.75. The van der Waals surface area contributed by atoms with Crippen molar-refractivity contribution in [2.45, 2.75) is 50.9 Å². The topological polar surface area (TPSA) is 42.0 Å². The van der Waals surface area contributed by atoms with Gasteiger partial charge in [0.25, 0.3) is 0 Å². The summed E-state index contributed by atoms with van der Waals surface area (Å²) in [5.74, 6) is 0.151. The minimum atomic E-state index is -0.0652. The Morgan fingerprint density at radius 2 is 1.96 bits per heavy atom. The Morgan fingerprint density at radius 3 is 2.69 bits per heavy atom. The van der Waals surface area contributed by atoms with Crippen LogP contribution < -0.4 is 0 Å². The van der Waals surface area contributed by atoms with E-state index in [0.717, 1.165) is 65.0 Å². The van der Waals surface area contributed by atoms with Gasteiger partial charge in [-0.2, -0.15) is 0 Å². The molecule has 3 saturated heterocycles. The molecule has 142 valence electrons. The summed E-state index contributed by atoms with van der Waals surface area (Å²) in [5, 5.41) is 0. The molecule has 1 spiro atoms. The predicted molar refractivity (Wildman–Crippen MR) is 99.9 cm³/mol. The van der Waals surface area contributed by atoms with Gasteiger partial charge in [0, 0.05) is 45.8 Å². The number of likely N-dealkylation sites (tertiary alicyclic amines) is 2. The maximum atomic E-state index is 12.2. The third-order valence-corrected chi connectivity index (χ3v) is 5.90. The Hall–Kier alpha value is -1.43. The Labute approximate surface area is 156 Å². The zero-order chi connectivity index (χ0) is 18.0. The van der Waals surface area contributed by atoms with E-state index in [-0.39, 0.29) is 24.2 Å². The van der Waals surface area contributed by atoms with E-state index in [9.17, 15) is 4.79 Å². The lowest BCUT2D eigenvalue weighted by molar-refractivity contribution is -0.200. The molecule has 3 fully saturated rings. The number of hydrogen-bond acceptors (Lipinski definition) is 4. The molecule has 0 saturated carbocycles. The third kappa shape index (κ3) is 4.11.